The molecule has 14 rings (SSSR count). The Morgan fingerprint density at radius 2 is 0.532 bits per heavy atom. The zero-order valence-electron chi connectivity index (χ0n) is 33.6. The van der Waals surface area contributed by atoms with E-state index in [4.69, 9.17) is 0 Å². The van der Waals surface area contributed by atoms with Gasteiger partial charge in [-0.15, -0.1) is 0 Å². The number of hydrogen-bond acceptors (Lipinski definition) is 2. The Morgan fingerprint density at radius 3 is 0.887 bits per heavy atom. The fourth-order valence-electron chi connectivity index (χ4n) is 10.9. The monoisotopic (exact) mass is 788 g/mol. The molecule has 4 nitrogen and oxygen atoms in total. The average molecular weight is 789 g/mol. The minimum Gasteiger partial charge on any atom is -0.308 e. The first-order valence-electron chi connectivity index (χ1n) is 21.4. The van der Waals surface area contributed by atoms with E-state index in [2.05, 4.69) is 237 Å². The van der Waals surface area contributed by atoms with Gasteiger partial charge in [-0.3, -0.25) is 0 Å². The van der Waals surface area contributed by atoms with Crippen LogP contribution in [0.5, 0.6) is 0 Å². The molecule has 288 valence electrons. The van der Waals surface area contributed by atoms with Gasteiger partial charge in [0.1, 0.15) is 0 Å². The van der Waals surface area contributed by atoms with Crippen LogP contribution >= 0.6 is 0 Å². The number of anilines is 6. The van der Waals surface area contributed by atoms with E-state index in [-0.39, 0.29) is 0 Å². The molecule has 0 atom stereocenters. The van der Waals surface area contributed by atoms with Crippen molar-refractivity contribution in [3.63, 3.8) is 0 Å². The van der Waals surface area contributed by atoms with Crippen LogP contribution in [0.2, 0.25) is 0 Å². The number of rotatable bonds is 6. The lowest BCUT2D eigenvalue weighted by molar-refractivity contribution is 1.27. The van der Waals surface area contributed by atoms with Crippen LogP contribution in [0.3, 0.4) is 0 Å². The molecule has 14 aromatic rings. The summed E-state index contributed by atoms with van der Waals surface area (Å²) in [5.41, 5.74) is 14.2. The zero-order chi connectivity index (χ0) is 40.5. The Labute approximate surface area is 356 Å². The number of fused-ring (bicyclic) bond motifs is 15. The fourth-order valence-corrected chi connectivity index (χ4v) is 10.9. The van der Waals surface area contributed by atoms with Crippen molar-refractivity contribution in [1.29, 1.82) is 0 Å². The number of aromatic nitrogens is 2. The summed E-state index contributed by atoms with van der Waals surface area (Å²) in [6.45, 7) is 0. The molecule has 0 radical (unpaired) electrons. The first-order chi connectivity index (χ1) is 30.8. The van der Waals surface area contributed by atoms with Crippen molar-refractivity contribution in [3.8, 4) is 0 Å². The molecule has 0 spiro atoms. The van der Waals surface area contributed by atoms with Gasteiger partial charge in [0.25, 0.3) is 0 Å². The van der Waals surface area contributed by atoms with Crippen molar-refractivity contribution in [2.75, 3.05) is 9.80 Å². The molecule has 0 amide bonds. The Balaban J connectivity index is 1.08. The van der Waals surface area contributed by atoms with Crippen molar-refractivity contribution in [1.82, 2.24) is 8.80 Å². The fraction of sp³-hybridized carbons (Fsp3) is 0. The highest BCUT2D eigenvalue weighted by Crippen LogP contribution is 2.50. The summed E-state index contributed by atoms with van der Waals surface area (Å²) in [5.74, 6) is 0. The summed E-state index contributed by atoms with van der Waals surface area (Å²) in [4.78, 5) is 4.81. The largest absolute Gasteiger partial charge is 0.308 e. The molecule has 10 aromatic carbocycles. The molecule has 4 heterocycles. The molecule has 0 unspecified atom stereocenters. The van der Waals surface area contributed by atoms with Crippen LogP contribution in [-0.4, -0.2) is 8.80 Å². The maximum Gasteiger partial charge on any atom is 0.0782 e. The van der Waals surface area contributed by atoms with Gasteiger partial charge in [-0.05, 0) is 83.6 Å². The van der Waals surface area contributed by atoms with Gasteiger partial charge < -0.3 is 18.6 Å². The van der Waals surface area contributed by atoms with Gasteiger partial charge in [-0.25, -0.2) is 0 Å². The van der Waals surface area contributed by atoms with E-state index in [0.29, 0.717) is 0 Å². The van der Waals surface area contributed by atoms with Gasteiger partial charge in [0.15, 0.2) is 0 Å². The molecular weight excluding hydrogens is 753 g/mol. The summed E-state index contributed by atoms with van der Waals surface area (Å²) in [6.07, 6.45) is 0. The summed E-state index contributed by atoms with van der Waals surface area (Å²) >= 11 is 0. The first kappa shape index (κ1) is 33.5. The predicted molar refractivity (Wildman–Crippen MR) is 263 cm³/mol. The minimum atomic E-state index is 1.13. The summed E-state index contributed by atoms with van der Waals surface area (Å²) in [5, 5.41) is 12.7. The van der Waals surface area contributed by atoms with Crippen LogP contribution in [-0.2, 0) is 0 Å². The molecule has 0 saturated heterocycles. The van der Waals surface area contributed by atoms with Gasteiger partial charge in [0.05, 0.1) is 44.5 Å². The highest BCUT2D eigenvalue weighted by atomic mass is 15.2. The molecular formula is C58H36N4. The summed E-state index contributed by atoms with van der Waals surface area (Å²) in [6, 6.07) is 79.8. The maximum atomic E-state index is 2.54. The third-order valence-corrected chi connectivity index (χ3v) is 13.3. The highest BCUT2D eigenvalue weighted by Gasteiger charge is 2.27. The van der Waals surface area contributed by atoms with Gasteiger partial charge >= 0.3 is 0 Å². The minimum absolute atomic E-state index is 1.13. The molecule has 0 aliphatic carbocycles. The number of para-hydroxylation sites is 8. The molecule has 0 aliphatic heterocycles. The van der Waals surface area contributed by atoms with Crippen molar-refractivity contribution < 1.29 is 0 Å². The second kappa shape index (κ2) is 12.6. The molecule has 4 heteroatoms. The molecule has 0 bridgehead atoms. The third-order valence-electron chi connectivity index (χ3n) is 13.3. The van der Waals surface area contributed by atoms with E-state index in [1.807, 2.05) is 0 Å². The van der Waals surface area contributed by atoms with Gasteiger partial charge in [-0.1, -0.05) is 146 Å². The van der Waals surface area contributed by atoms with Crippen LogP contribution < -0.4 is 9.80 Å². The lowest BCUT2D eigenvalue weighted by atomic mass is 9.98. The Hall–Kier alpha value is -8.34. The van der Waals surface area contributed by atoms with Crippen molar-refractivity contribution in [2.45, 2.75) is 0 Å². The van der Waals surface area contributed by atoms with E-state index < -0.39 is 0 Å². The van der Waals surface area contributed by atoms with E-state index in [9.17, 15) is 0 Å². The molecule has 0 aliphatic rings. The van der Waals surface area contributed by atoms with Crippen LogP contribution in [0.1, 0.15) is 0 Å². The second-order valence-electron chi connectivity index (χ2n) is 16.4. The second-order valence-corrected chi connectivity index (χ2v) is 16.4. The SMILES string of the molecule is c1ccc(N(c2ccccc2)c2cccc3c4cccc5c6c7ccc8c(c7ccc6n(c23)c45)c2cccc3c4cccc(N(c5ccccc5)c5ccccc5)c4n8c32)cc1. The van der Waals surface area contributed by atoms with Crippen molar-refractivity contribution in [3.05, 3.63) is 218 Å². The highest BCUT2D eigenvalue weighted by molar-refractivity contribution is 6.35. The molecule has 0 fully saturated rings. The quantitative estimate of drug-likeness (QED) is 0.167. The zero-order valence-corrected chi connectivity index (χ0v) is 33.6. The number of benzene rings is 10. The first-order valence-corrected chi connectivity index (χ1v) is 21.4. The van der Waals surface area contributed by atoms with E-state index in [1.54, 1.807) is 0 Å². The van der Waals surface area contributed by atoms with Crippen molar-refractivity contribution >= 4 is 121 Å². The van der Waals surface area contributed by atoms with Crippen LogP contribution in [0, 0.1) is 0 Å². The predicted octanol–water partition coefficient (Wildman–Crippen LogP) is 16.1. The topological polar surface area (TPSA) is 15.3 Å². The normalized spacial score (nSPS) is 12.2. The molecule has 4 aromatic heterocycles. The van der Waals surface area contributed by atoms with Crippen molar-refractivity contribution in [2.24, 2.45) is 0 Å². The van der Waals surface area contributed by atoms with E-state index in [1.165, 1.54) is 87.0 Å². The molecule has 62 heavy (non-hydrogen) atoms. The van der Waals surface area contributed by atoms with E-state index >= 15 is 0 Å². The standard InChI is InChI=1S/C58H36N4/c1-5-17-37(18-6-1)59(38-19-7-2-8-20-38)51-31-15-27-45-43-25-13-29-47-53-41-34-36-50-54(42(41)33-35-49(53)61(55(43)47)57(45)51)48-30-14-26-44-46-28-16-32-52(58(46)62(50)56(44)48)60(39-21-9-3-10-22-39)40-23-11-4-12-24-40/h1-36H. The summed E-state index contributed by atoms with van der Waals surface area (Å²) in [7, 11) is 0. The van der Waals surface area contributed by atoms with Crippen LogP contribution in [0.4, 0.5) is 34.1 Å². The van der Waals surface area contributed by atoms with Crippen LogP contribution in [0.15, 0.2) is 218 Å². The van der Waals surface area contributed by atoms with Gasteiger partial charge in [0.2, 0.25) is 0 Å². The smallest absolute Gasteiger partial charge is 0.0782 e. The van der Waals surface area contributed by atoms with E-state index in [0.717, 1.165) is 34.1 Å². The maximum absolute atomic E-state index is 2.54. The Bertz CT molecular complexity index is 3680. The molecule has 0 N–H and O–H groups in total. The number of hydrogen-bond donors (Lipinski definition) is 0. The lowest BCUT2D eigenvalue weighted by Crippen LogP contribution is -2.10. The summed E-state index contributed by atoms with van der Waals surface area (Å²) < 4.78 is 5.09. The number of nitrogens with zero attached hydrogens (tertiary/aromatic N) is 4. The lowest BCUT2D eigenvalue weighted by Gasteiger charge is -2.26. The Kier molecular flexibility index (Phi) is 6.80. The Morgan fingerprint density at radius 1 is 0.226 bits per heavy atom. The van der Waals surface area contributed by atoms with Crippen LogP contribution in [0.25, 0.3) is 87.0 Å². The van der Waals surface area contributed by atoms with Gasteiger partial charge in [-0.2, -0.15) is 0 Å². The average Bonchev–Trinajstić information content (AvgIpc) is 4.08. The third kappa shape index (κ3) is 4.40. The van der Waals surface area contributed by atoms with Gasteiger partial charge in [0, 0.05) is 65.8 Å². The molecule has 0 saturated carbocycles.